The minimum Gasteiger partial charge on any atom is -0.362 e. The Morgan fingerprint density at radius 1 is 1.04 bits per heavy atom. The van der Waals surface area contributed by atoms with Crippen molar-refractivity contribution in [3.8, 4) is 0 Å². The number of nitrogens with one attached hydrogen (secondary N) is 1. The molecular weight excluding hydrogens is 364 g/mol. The van der Waals surface area contributed by atoms with Crippen molar-refractivity contribution in [3.05, 3.63) is 71.8 Å². The maximum Gasteiger partial charge on any atom is 0.169 e. The zero-order chi connectivity index (χ0) is 18.4. The lowest BCUT2D eigenvalue weighted by Crippen LogP contribution is -2.46. The van der Waals surface area contributed by atoms with Crippen molar-refractivity contribution >= 4 is 27.2 Å². The second-order valence-electron chi connectivity index (χ2n) is 6.64. The van der Waals surface area contributed by atoms with Crippen molar-refractivity contribution in [1.82, 2.24) is 10.2 Å². The van der Waals surface area contributed by atoms with Gasteiger partial charge in [-0.1, -0.05) is 60.7 Å². The number of hydrogen-bond acceptors (Lipinski definition) is 3. The Hall–Kier alpha value is -1.92. The van der Waals surface area contributed by atoms with Gasteiger partial charge in [0.1, 0.15) is 0 Å². The lowest BCUT2D eigenvalue weighted by Gasteiger charge is -2.31. The fourth-order valence-corrected chi connectivity index (χ4v) is 5.27. The molecule has 0 radical (unpaired) electrons. The predicted octanol–water partition coefficient (Wildman–Crippen LogP) is 2.79. The molecule has 2 aromatic rings. The maximum absolute atomic E-state index is 11.9. The van der Waals surface area contributed by atoms with Crippen LogP contribution in [0.1, 0.15) is 17.5 Å². The Morgan fingerprint density at radius 2 is 1.65 bits per heavy atom. The number of rotatable bonds is 6. The predicted molar refractivity (Wildman–Crippen MR) is 110 cm³/mol. The fraction of sp³-hybridized carbons (Fsp3) is 0.350. The minimum absolute atomic E-state index is 0.0584. The van der Waals surface area contributed by atoms with Gasteiger partial charge >= 0.3 is 0 Å². The molecule has 0 bridgehead atoms. The van der Waals surface area contributed by atoms with E-state index in [0.29, 0.717) is 18.1 Å². The number of hydrogen-bond donors (Lipinski definition) is 1. The Balaban J connectivity index is 1.65. The van der Waals surface area contributed by atoms with Crippen LogP contribution in [0.25, 0.3) is 0 Å². The van der Waals surface area contributed by atoms with Crippen LogP contribution in [0.4, 0.5) is 0 Å². The highest BCUT2D eigenvalue weighted by Crippen LogP contribution is 2.20. The number of thiocarbonyl (C=S) groups is 1. The molecule has 0 aromatic heterocycles. The van der Waals surface area contributed by atoms with Crippen molar-refractivity contribution in [2.75, 3.05) is 18.1 Å². The quantitative estimate of drug-likeness (QED) is 0.771. The van der Waals surface area contributed by atoms with Crippen LogP contribution >= 0.6 is 12.2 Å². The first kappa shape index (κ1) is 18.9. The molecule has 0 saturated carbocycles. The largest absolute Gasteiger partial charge is 0.362 e. The van der Waals surface area contributed by atoms with E-state index < -0.39 is 9.84 Å². The van der Waals surface area contributed by atoms with E-state index in [4.69, 9.17) is 12.2 Å². The van der Waals surface area contributed by atoms with E-state index in [1.165, 1.54) is 5.56 Å². The van der Waals surface area contributed by atoms with Gasteiger partial charge < -0.3 is 10.2 Å². The van der Waals surface area contributed by atoms with Crippen LogP contribution in [-0.2, 0) is 22.8 Å². The molecule has 1 aliphatic rings. The lowest BCUT2D eigenvalue weighted by molar-refractivity contribution is 0.323. The first-order valence-electron chi connectivity index (χ1n) is 8.86. The summed E-state index contributed by atoms with van der Waals surface area (Å²) < 4.78 is 23.9. The molecule has 1 saturated heterocycles. The first-order chi connectivity index (χ1) is 12.5. The molecule has 0 spiro atoms. The topological polar surface area (TPSA) is 49.4 Å². The smallest absolute Gasteiger partial charge is 0.169 e. The summed E-state index contributed by atoms with van der Waals surface area (Å²) in [5, 5.41) is 3.95. The van der Waals surface area contributed by atoms with Crippen molar-refractivity contribution in [1.29, 1.82) is 0 Å². The summed E-state index contributed by atoms with van der Waals surface area (Å²) >= 11 is 5.62. The van der Waals surface area contributed by atoms with Crippen molar-refractivity contribution in [2.24, 2.45) is 0 Å². The van der Waals surface area contributed by atoms with Gasteiger partial charge in [0.05, 0.1) is 11.5 Å². The van der Waals surface area contributed by atoms with Gasteiger partial charge in [0.15, 0.2) is 14.9 Å². The van der Waals surface area contributed by atoms with E-state index in [0.717, 1.165) is 18.5 Å². The van der Waals surface area contributed by atoms with Crippen LogP contribution in [0.3, 0.4) is 0 Å². The molecule has 1 fully saturated rings. The van der Waals surface area contributed by atoms with Gasteiger partial charge in [-0.15, -0.1) is 0 Å². The monoisotopic (exact) mass is 388 g/mol. The first-order valence-corrected chi connectivity index (χ1v) is 11.1. The summed E-state index contributed by atoms with van der Waals surface area (Å²) in [6.45, 7) is 1.35. The van der Waals surface area contributed by atoms with Crippen molar-refractivity contribution < 1.29 is 8.42 Å². The van der Waals surface area contributed by atoms with E-state index >= 15 is 0 Å². The van der Waals surface area contributed by atoms with Gasteiger partial charge in [-0.2, -0.15) is 0 Å². The molecular formula is C20H24N2O2S2. The van der Waals surface area contributed by atoms with E-state index in [9.17, 15) is 8.42 Å². The number of sulfone groups is 1. The Kier molecular flexibility index (Phi) is 6.27. The Bertz CT molecular complexity index is 823. The SMILES string of the molecule is O=S1(=O)CC[C@H](N(Cc2ccccc2)C(=S)NCCc2ccccc2)C1. The van der Waals surface area contributed by atoms with Crippen LogP contribution in [-0.4, -0.2) is 42.5 Å². The molecule has 1 atom stereocenters. The van der Waals surface area contributed by atoms with Gasteiger partial charge in [-0.25, -0.2) is 8.42 Å². The fourth-order valence-electron chi connectivity index (χ4n) is 3.23. The molecule has 26 heavy (non-hydrogen) atoms. The zero-order valence-electron chi connectivity index (χ0n) is 14.7. The van der Waals surface area contributed by atoms with Gasteiger partial charge in [0.25, 0.3) is 0 Å². The van der Waals surface area contributed by atoms with E-state index in [-0.39, 0.29) is 17.5 Å². The number of benzene rings is 2. The normalized spacial score (nSPS) is 18.4. The molecule has 2 aromatic carbocycles. The third-order valence-electron chi connectivity index (χ3n) is 4.64. The van der Waals surface area contributed by atoms with E-state index in [1.54, 1.807) is 0 Å². The van der Waals surface area contributed by atoms with Crippen LogP contribution in [0, 0.1) is 0 Å². The average Bonchev–Trinajstić information content (AvgIpc) is 3.01. The van der Waals surface area contributed by atoms with Crippen molar-refractivity contribution in [2.45, 2.75) is 25.4 Å². The second kappa shape index (κ2) is 8.64. The van der Waals surface area contributed by atoms with Crippen LogP contribution < -0.4 is 5.32 Å². The molecule has 138 valence electrons. The number of nitrogens with zero attached hydrogens (tertiary/aromatic N) is 1. The Morgan fingerprint density at radius 3 is 2.23 bits per heavy atom. The van der Waals surface area contributed by atoms with Crippen LogP contribution in [0.2, 0.25) is 0 Å². The second-order valence-corrected chi connectivity index (χ2v) is 9.25. The highest BCUT2D eigenvalue weighted by molar-refractivity contribution is 7.91. The molecule has 1 aliphatic heterocycles. The summed E-state index contributed by atoms with van der Waals surface area (Å²) in [5.74, 6) is 0.427. The van der Waals surface area contributed by atoms with Gasteiger partial charge in [-0.05, 0) is 36.2 Å². The molecule has 6 heteroatoms. The van der Waals surface area contributed by atoms with E-state index in [1.807, 2.05) is 53.4 Å². The van der Waals surface area contributed by atoms with Gasteiger partial charge in [-0.3, -0.25) is 0 Å². The lowest BCUT2D eigenvalue weighted by atomic mass is 10.1. The minimum atomic E-state index is -2.96. The third-order valence-corrected chi connectivity index (χ3v) is 6.77. The average molecular weight is 389 g/mol. The van der Waals surface area contributed by atoms with Gasteiger partial charge in [0, 0.05) is 19.1 Å². The van der Waals surface area contributed by atoms with Crippen LogP contribution in [0.5, 0.6) is 0 Å². The maximum atomic E-state index is 11.9. The van der Waals surface area contributed by atoms with Crippen LogP contribution in [0.15, 0.2) is 60.7 Å². The summed E-state index contributed by atoms with van der Waals surface area (Å²) in [6, 6.07) is 20.2. The molecule has 0 unspecified atom stereocenters. The summed E-state index contributed by atoms with van der Waals surface area (Å²) in [4.78, 5) is 2.04. The molecule has 0 aliphatic carbocycles. The standard InChI is InChI=1S/C20H24N2O2S2/c23-26(24)14-12-19(16-26)22(15-18-9-5-2-6-10-18)20(25)21-13-11-17-7-3-1-4-8-17/h1-10,19H,11-16H2,(H,21,25)/t19-/m0/s1. The molecule has 4 nitrogen and oxygen atoms in total. The molecule has 0 amide bonds. The molecule has 3 rings (SSSR count). The van der Waals surface area contributed by atoms with E-state index in [2.05, 4.69) is 17.4 Å². The molecule has 1 heterocycles. The van der Waals surface area contributed by atoms with Crippen molar-refractivity contribution in [3.63, 3.8) is 0 Å². The summed E-state index contributed by atoms with van der Waals surface area (Å²) in [5.41, 5.74) is 2.38. The third kappa shape index (κ3) is 5.29. The summed E-state index contributed by atoms with van der Waals surface area (Å²) in [6.07, 6.45) is 1.51. The highest BCUT2D eigenvalue weighted by atomic mass is 32.2. The summed E-state index contributed by atoms with van der Waals surface area (Å²) in [7, 11) is -2.96. The Labute approximate surface area is 161 Å². The molecule has 1 N–H and O–H groups in total. The highest BCUT2D eigenvalue weighted by Gasteiger charge is 2.33. The zero-order valence-corrected chi connectivity index (χ0v) is 16.3. The van der Waals surface area contributed by atoms with Gasteiger partial charge in [0.2, 0.25) is 0 Å².